The number of carbonyl (C=O) groups is 2. The summed E-state index contributed by atoms with van der Waals surface area (Å²) in [6, 6.07) is 8.96. The Morgan fingerprint density at radius 1 is 0.818 bits per heavy atom. The van der Waals surface area contributed by atoms with Crippen molar-refractivity contribution in [3.8, 4) is 11.5 Å². The van der Waals surface area contributed by atoms with Crippen LogP contribution in [0.4, 0.5) is 11.4 Å². The van der Waals surface area contributed by atoms with Gasteiger partial charge in [0.2, 0.25) is 0 Å². The van der Waals surface area contributed by atoms with Crippen LogP contribution in [0.1, 0.15) is 20.7 Å². The fourth-order valence-corrected chi connectivity index (χ4v) is 2.06. The summed E-state index contributed by atoms with van der Waals surface area (Å²) < 4.78 is 5.46. The number of ether oxygens (including phenoxy) is 1. The number of rotatable bonds is 2. The van der Waals surface area contributed by atoms with E-state index in [1.165, 1.54) is 24.3 Å². The minimum absolute atomic E-state index is 0. The molecule has 2 aromatic rings. The van der Waals surface area contributed by atoms with E-state index in [4.69, 9.17) is 4.74 Å². The maximum absolute atomic E-state index is 11.1. The molecule has 100 valence electrons. The first-order valence-corrected chi connectivity index (χ1v) is 5.71. The molecule has 1 aliphatic rings. The number of carboxylic acids is 2. The first kappa shape index (κ1) is 19.0. The molecular formula is C14H7NNa2O5. The quantitative estimate of drug-likeness (QED) is 0.473. The number of hydrogen-bond acceptors (Lipinski definition) is 6. The van der Waals surface area contributed by atoms with Gasteiger partial charge < -0.3 is 29.9 Å². The Morgan fingerprint density at radius 3 is 1.59 bits per heavy atom. The number of carboxylic acid groups (broad SMARTS) is 2. The molecule has 8 heteroatoms. The molecule has 0 saturated carbocycles. The molecule has 0 atom stereocenters. The average Bonchev–Trinajstić information content (AvgIpc) is 2.43. The van der Waals surface area contributed by atoms with Gasteiger partial charge in [0.05, 0.1) is 23.3 Å². The summed E-state index contributed by atoms with van der Waals surface area (Å²) in [6.45, 7) is 0. The zero-order chi connectivity index (χ0) is 14.3. The molecule has 6 nitrogen and oxygen atoms in total. The van der Waals surface area contributed by atoms with Gasteiger partial charge in [-0.3, -0.25) is 0 Å². The zero-order valence-electron chi connectivity index (χ0n) is 12.0. The Bertz CT molecular complexity index is 687. The van der Waals surface area contributed by atoms with Gasteiger partial charge in [-0.2, -0.15) is 0 Å². The SMILES string of the molecule is O=C([O-])c1cccc2c1Oc1c(cccc1C(=O)[O-])N2.[Na+].[Na+]. The third-order valence-corrected chi connectivity index (χ3v) is 2.94. The van der Waals surface area contributed by atoms with Crippen LogP contribution in [0.2, 0.25) is 0 Å². The predicted octanol–water partition coefficient (Wildman–Crippen LogP) is -5.73. The number of para-hydroxylation sites is 2. The van der Waals surface area contributed by atoms with E-state index in [-0.39, 0.29) is 81.7 Å². The minimum atomic E-state index is -1.40. The van der Waals surface area contributed by atoms with Gasteiger partial charge in [0.15, 0.2) is 11.5 Å². The van der Waals surface area contributed by atoms with Crippen molar-refractivity contribution in [2.24, 2.45) is 0 Å². The molecule has 0 unspecified atom stereocenters. The van der Waals surface area contributed by atoms with Gasteiger partial charge in [0.1, 0.15) is 0 Å². The van der Waals surface area contributed by atoms with Crippen molar-refractivity contribution in [2.75, 3.05) is 5.32 Å². The zero-order valence-corrected chi connectivity index (χ0v) is 16.0. The van der Waals surface area contributed by atoms with Crippen LogP contribution in [0.5, 0.6) is 11.5 Å². The number of nitrogens with one attached hydrogen (secondary N) is 1. The van der Waals surface area contributed by atoms with Gasteiger partial charge >= 0.3 is 59.1 Å². The van der Waals surface area contributed by atoms with Gasteiger partial charge in [0, 0.05) is 11.1 Å². The first-order chi connectivity index (χ1) is 9.58. The molecule has 3 rings (SSSR count). The van der Waals surface area contributed by atoms with E-state index in [9.17, 15) is 19.8 Å². The van der Waals surface area contributed by atoms with Crippen LogP contribution in [0, 0.1) is 0 Å². The molecule has 1 N–H and O–H groups in total. The molecule has 22 heavy (non-hydrogen) atoms. The van der Waals surface area contributed by atoms with Crippen molar-refractivity contribution < 1.29 is 83.7 Å². The van der Waals surface area contributed by atoms with Crippen molar-refractivity contribution in [3.05, 3.63) is 47.5 Å². The molecule has 0 spiro atoms. The Balaban J connectivity index is 0.00000121. The van der Waals surface area contributed by atoms with Gasteiger partial charge in [-0.1, -0.05) is 12.1 Å². The van der Waals surface area contributed by atoms with E-state index in [0.717, 1.165) is 0 Å². The molecule has 0 saturated heterocycles. The van der Waals surface area contributed by atoms with Gasteiger partial charge in [-0.25, -0.2) is 0 Å². The summed E-state index contributed by atoms with van der Waals surface area (Å²) in [6.07, 6.45) is 0. The van der Waals surface area contributed by atoms with Crippen molar-refractivity contribution in [1.82, 2.24) is 0 Å². The number of aromatic carboxylic acids is 2. The van der Waals surface area contributed by atoms with E-state index < -0.39 is 11.9 Å². The van der Waals surface area contributed by atoms with Crippen LogP contribution in [-0.4, -0.2) is 11.9 Å². The molecular weight excluding hydrogens is 308 g/mol. The maximum atomic E-state index is 11.1. The van der Waals surface area contributed by atoms with Crippen LogP contribution < -0.4 is 79.4 Å². The van der Waals surface area contributed by atoms with Gasteiger partial charge in [-0.15, -0.1) is 0 Å². The smallest absolute Gasteiger partial charge is 0.545 e. The summed E-state index contributed by atoms with van der Waals surface area (Å²) in [4.78, 5) is 22.1. The molecule has 0 amide bonds. The standard InChI is InChI=1S/C14H9NO5.2Na/c16-13(17)7-3-1-5-9-11(7)20-12-8(14(18)19)4-2-6-10(12)15-9;;/h1-6,15H,(H,16,17)(H,18,19);;/q;2*+1/p-2. The predicted molar refractivity (Wildman–Crippen MR) is 64.9 cm³/mol. The van der Waals surface area contributed by atoms with E-state index >= 15 is 0 Å². The molecule has 0 aromatic heterocycles. The maximum Gasteiger partial charge on any atom is 1.00 e. The first-order valence-electron chi connectivity index (χ1n) is 5.71. The summed E-state index contributed by atoms with van der Waals surface area (Å²) in [5.74, 6) is -2.77. The normalized spacial score (nSPS) is 10.5. The summed E-state index contributed by atoms with van der Waals surface area (Å²) in [7, 11) is 0. The van der Waals surface area contributed by atoms with Crippen LogP contribution in [-0.2, 0) is 0 Å². The third-order valence-electron chi connectivity index (χ3n) is 2.94. The molecule has 1 aliphatic heterocycles. The van der Waals surface area contributed by atoms with E-state index in [1.54, 1.807) is 12.1 Å². The number of benzene rings is 2. The third kappa shape index (κ3) is 3.32. The molecule has 2 aromatic carbocycles. The fourth-order valence-electron chi connectivity index (χ4n) is 2.06. The van der Waals surface area contributed by atoms with Crippen LogP contribution in [0.3, 0.4) is 0 Å². The molecule has 0 aliphatic carbocycles. The summed E-state index contributed by atoms with van der Waals surface area (Å²) in [5.41, 5.74) is 0.534. The van der Waals surface area contributed by atoms with E-state index in [2.05, 4.69) is 5.32 Å². The number of fused-ring (bicyclic) bond motifs is 2. The van der Waals surface area contributed by atoms with Gasteiger partial charge in [0.25, 0.3) is 0 Å². The molecule has 0 fully saturated rings. The second-order valence-electron chi connectivity index (χ2n) is 4.17. The van der Waals surface area contributed by atoms with Crippen molar-refractivity contribution >= 4 is 23.3 Å². The van der Waals surface area contributed by atoms with Crippen molar-refractivity contribution in [1.29, 1.82) is 0 Å². The summed E-state index contributed by atoms with van der Waals surface area (Å²) in [5, 5.41) is 25.0. The van der Waals surface area contributed by atoms with Crippen molar-refractivity contribution in [2.45, 2.75) is 0 Å². The topological polar surface area (TPSA) is 102 Å². The Kier molecular flexibility index (Phi) is 6.49. The molecule has 0 bridgehead atoms. The average molecular weight is 315 g/mol. The van der Waals surface area contributed by atoms with E-state index in [1.807, 2.05) is 0 Å². The van der Waals surface area contributed by atoms with Crippen LogP contribution >= 0.6 is 0 Å². The Morgan fingerprint density at radius 2 is 1.23 bits per heavy atom. The largest absolute Gasteiger partial charge is 1.00 e. The molecule has 0 radical (unpaired) electrons. The van der Waals surface area contributed by atoms with Crippen molar-refractivity contribution in [3.63, 3.8) is 0 Å². The van der Waals surface area contributed by atoms with Crippen LogP contribution in [0.25, 0.3) is 0 Å². The Hall–Kier alpha value is -1.02. The Labute approximate surface area is 170 Å². The second kappa shape index (κ2) is 7.50. The van der Waals surface area contributed by atoms with Crippen LogP contribution in [0.15, 0.2) is 36.4 Å². The number of carbonyl (C=O) groups excluding carboxylic acids is 2. The fraction of sp³-hybridized carbons (Fsp3) is 0. The van der Waals surface area contributed by atoms with E-state index in [0.29, 0.717) is 11.4 Å². The summed E-state index contributed by atoms with van der Waals surface area (Å²) >= 11 is 0. The second-order valence-corrected chi connectivity index (χ2v) is 4.17. The number of hydrogen-bond donors (Lipinski definition) is 1. The molecule has 1 heterocycles. The van der Waals surface area contributed by atoms with Gasteiger partial charge in [-0.05, 0) is 24.3 Å². The number of anilines is 2. The minimum Gasteiger partial charge on any atom is -0.545 e. The monoisotopic (exact) mass is 315 g/mol.